The van der Waals surface area contributed by atoms with Gasteiger partial charge in [-0.2, -0.15) is 0 Å². The van der Waals surface area contributed by atoms with Crippen LogP contribution in [0.4, 0.5) is 5.69 Å². The number of rotatable bonds is 9. The summed E-state index contributed by atoms with van der Waals surface area (Å²) in [6.45, 7) is 7.78. The molecule has 0 saturated carbocycles. The van der Waals surface area contributed by atoms with Gasteiger partial charge in [0.05, 0.1) is 5.69 Å². The number of nitrogens with zero attached hydrogens (tertiary/aromatic N) is 3. The van der Waals surface area contributed by atoms with E-state index in [1.807, 2.05) is 46.2 Å². The molecule has 7 nitrogen and oxygen atoms in total. The molecule has 2 aromatic carbocycles. The molecule has 7 heteroatoms. The second-order valence-electron chi connectivity index (χ2n) is 9.62. The van der Waals surface area contributed by atoms with Crippen molar-refractivity contribution in [3.8, 4) is 0 Å². The van der Waals surface area contributed by atoms with Crippen LogP contribution < -0.4 is 11.1 Å². The molecule has 1 saturated heterocycles. The molecule has 2 amide bonds. The largest absolute Gasteiger partial charge is 0.387 e. The molecule has 36 heavy (non-hydrogen) atoms. The van der Waals surface area contributed by atoms with Gasteiger partial charge in [0.25, 0.3) is 5.91 Å². The molecule has 0 spiro atoms. The first-order valence-corrected chi connectivity index (χ1v) is 13.0. The second kappa shape index (κ2) is 12.0. The Balaban J connectivity index is 1.45. The van der Waals surface area contributed by atoms with Crippen molar-refractivity contribution in [3.05, 3.63) is 70.8 Å². The Morgan fingerprint density at radius 2 is 1.86 bits per heavy atom. The number of hydrogen-bond acceptors (Lipinski definition) is 5. The van der Waals surface area contributed by atoms with E-state index < -0.39 is 0 Å². The minimum absolute atomic E-state index is 0.00262. The third-order valence-electron chi connectivity index (χ3n) is 6.70. The van der Waals surface area contributed by atoms with E-state index in [-0.39, 0.29) is 17.9 Å². The zero-order chi connectivity index (χ0) is 25.5. The van der Waals surface area contributed by atoms with Gasteiger partial charge in [0.2, 0.25) is 5.91 Å². The van der Waals surface area contributed by atoms with Gasteiger partial charge in [-0.25, -0.2) is 4.99 Å². The fraction of sp³-hybridized carbons (Fsp3) is 0.414. The Bertz CT molecular complexity index is 1140. The van der Waals surface area contributed by atoms with E-state index in [2.05, 4.69) is 36.3 Å². The Morgan fingerprint density at radius 1 is 1.11 bits per heavy atom. The lowest BCUT2D eigenvalue weighted by Gasteiger charge is -2.22. The molecule has 0 aromatic heterocycles. The van der Waals surface area contributed by atoms with Crippen LogP contribution in [0.1, 0.15) is 61.0 Å². The zero-order valence-electron chi connectivity index (χ0n) is 21.4. The van der Waals surface area contributed by atoms with Crippen molar-refractivity contribution in [2.24, 2.45) is 10.7 Å². The zero-order valence-corrected chi connectivity index (χ0v) is 21.4. The SMILES string of the molecule is CCCN(CCC)C(=O)C1=Cc2ccc(C(=O)N3CCC(NCc4ccccc4)C3)cc2N=C(N)C1. The van der Waals surface area contributed by atoms with Crippen LogP contribution in [-0.4, -0.2) is 59.7 Å². The highest BCUT2D eigenvalue weighted by molar-refractivity contribution is 6.06. The standard InChI is InChI=1S/C29H37N5O2/c1-3-13-33(14-4-2)29(36)24-16-22-10-11-23(17-26(22)32-27(30)18-24)28(35)34-15-12-25(20-34)31-19-21-8-6-5-7-9-21/h5-11,16-17,25,31H,3-4,12-15,18-20H2,1-2H3,(H2,30,32). The van der Waals surface area contributed by atoms with E-state index in [1.165, 1.54) is 5.56 Å². The molecule has 1 atom stereocenters. The summed E-state index contributed by atoms with van der Waals surface area (Å²) < 4.78 is 0. The van der Waals surface area contributed by atoms with Crippen LogP contribution in [-0.2, 0) is 11.3 Å². The minimum Gasteiger partial charge on any atom is -0.387 e. The Hall–Kier alpha value is -3.45. The van der Waals surface area contributed by atoms with Gasteiger partial charge in [-0.15, -0.1) is 0 Å². The first kappa shape index (κ1) is 25.6. The summed E-state index contributed by atoms with van der Waals surface area (Å²) in [5.74, 6) is 0.394. The summed E-state index contributed by atoms with van der Waals surface area (Å²) in [5, 5.41) is 3.56. The monoisotopic (exact) mass is 487 g/mol. The van der Waals surface area contributed by atoms with Gasteiger partial charge in [-0.3, -0.25) is 9.59 Å². The summed E-state index contributed by atoms with van der Waals surface area (Å²) in [6, 6.07) is 16.1. The van der Waals surface area contributed by atoms with Gasteiger partial charge in [0.1, 0.15) is 5.84 Å². The smallest absolute Gasteiger partial charge is 0.253 e. The van der Waals surface area contributed by atoms with Crippen molar-refractivity contribution in [2.45, 2.75) is 52.1 Å². The number of carbonyl (C=O) groups is 2. The van der Waals surface area contributed by atoms with Crippen molar-refractivity contribution < 1.29 is 9.59 Å². The molecule has 0 radical (unpaired) electrons. The number of aliphatic imine (C=N–C) groups is 1. The van der Waals surface area contributed by atoms with E-state index in [4.69, 9.17) is 5.73 Å². The third-order valence-corrected chi connectivity index (χ3v) is 6.70. The Kier molecular flexibility index (Phi) is 8.54. The summed E-state index contributed by atoms with van der Waals surface area (Å²) in [6.07, 6.45) is 4.93. The fourth-order valence-electron chi connectivity index (χ4n) is 4.87. The normalized spacial score (nSPS) is 17.2. The molecule has 0 aliphatic carbocycles. The Labute approximate surface area is 214 Å². The molecular weight excluding hydrogens is 450 g/mol. The summed E-state index contributed by atoms with van der Waals surface area (Å²) in [4.78, 5) is 34.8. The van der Waals surface area contributed by atoms with Crippen molar-refractivity contribution >= 4 is 29.4 Å². The van der Waals surface area contributed by atoms with Crippen LogP contribution in [0, 0.1) is 0 Å². The first-order valence-electron chi connectivity index (χ1n) is 13.0. The molecule has 2 aliphatic heterocycles. The molecular formula is C29H37N5O2. The van der Waals surface area contributed by atoms with Gasteiger partial charge in [-0.1, -0.05) is 50.2 Å². The van der Waals surface area contributed by atoms with Gasteiger partial charge >= 0.3 is 0 Å². The van der Waals surface area contributed by atoms with E-state index in [1.54, 1.807) is 6.07 Å². The van der Waals surface area contributed by atoms with Crippen molar-refractivity contribution in [3.63, 3.8) is 0 Å². The molecule has 4 rings (SSSR count). The van der Waals surface area contributed by atoms with Crippen molar-refractivity contribution in [2.75, 3.05) is 26.2 Å². The molecule has 1 unspecified atom stereocenters. The molecule has 2 aromatic rings. The number of nitrogens with one attached hydrogen (secondary N) is 1. The predicted molar refractivity (Wildman–Crippen MR) is 145 cm³/mol. The molecule has 190 valence electrons. The summed E-state index contributed by atoms with van der Waals surface area (Å²) in [5.41, 5.74) is 10.1. The van der Waals surface area contributed by atoms with E-state index >= 15 is 0 Å². The van der Waals surface area contributed by atoms with Gasteiger partial charge in [0.15, 0.2) is 0 Å². The van der Waals surface area contributed by atoms with Gasteiger partial charge < -0.3 is 20.9 Å². The van der Waals surface area contributed by atoms with Gasteiger partial charge in [0, 0.05) is 61.9 Å². The highest BCUT2D eigenvalue weighted by Gasteiger charge is 2.27. The fourth-order valence-corrected chi connectivity index (χ4v) is 4.87. The van der Waals surface area contributed by atoms with Crippen LogP contribution >= 0.6 is 0 Å². The molecule has 2 heterocycles. The number of hydrogen-bond donors (Lipinski definition) is 2. The maximum atomic E-state index is 13.3. The number of nitrogens with two attached hydrogens (primary N) is 1. The van der Waals surface area contributed by atoms with Crippen LogP contribution in [0.5, 0.6) is 0 Å². The summed E-state index contributed by atoms with van der Waals surface area (Å²) in [7, 11) is 0. The molecule has 0 bridgehead atoms. The van der Waals surface area contributed by atoms with Crippen LogP contribution in [0.25, 0.3) is 6.08 Å². The average Bonchev–Trinajstić information content (AvgIpc) is 3.29. The third kappa shape index (κ3) is 6.21. The van der Waals surface area contributed by atoms with Crippen LogP contribution in [0.15, 0.2) is 59.1 Å². The number of fused-ring (bicyclic) bond motifs is 1. The number of carbonyl (C=O) groups excluding carboxylic acids is 2. The second-order valence-corrected chi connectivity index (χ2v) is 9.62. The number of amidine groups is 1. The van der Waals surface area contributed by atoms with E-state index in [0.717, 1.165) is 51.0 Å². The molecule has 1 fully saturated rings. The highest BCUT2D eigenvalue weighted by Crippen LogP contribution is 2.29. The average molecular weight is 488 g/mol. The summed E-state index contributed by atoms with van der Waals surface area (Å²) >= 11 is 0. The van der Waals surface area contributed by atoms with Gasteiger partial charge in [-0.05, 0) is 43.0 Å². The maximum absolute atomic E-state index is 13.3. The lowest BCUT2D eigenvalue weighted by atomic mass is 10.0. The topological polar surface area (TPSA) is 91.0 Å². The molecule has 2 aliphatic rings. The first-order chi connectivity index (χ1) is 17.5. The maximum Gasteiger partial charge on any atom is 0.253 e. The molecule has 3 N–H and O–H groups in total. The lowest BCUT2D eigenvalue weighted by Crippen LogP contribution is -2.34. The van der Waals surface area contributed by atoms with Crippen LogP contribution in [0.3, 0.4) is 0 Å². The minimum atomic E-state index is -0.00262. The lowest BCUT2D eigenvalue weighted by molar-refractivity contribution is -0.127. The van der Waals surface area contributed by atoms with E-state index in [9.17, 15) is 9.59 Å². The van der Waals surface area contributed by atoms with Crippen molar-refractivity contribution in [1.29, 1.82) is 0 Å². The Morgan fingerprint density at radius 3 is 2.58 bits per heavy atom. The number of amides is 2. The van der Waals surface area contributed by atoms with E-state index in [0.29, 0.717) is 35.6 Å². The van der Waals surface area contributed by atoms with Crippen molar-refractivity contribution in [1.82, 2.24) is 15.1 Å². The number of benzene rings is 2. The van der Waals surface area contributed by atoms with Crippen LogP contribution in [0.2, 0.25) is 0 Å². The number of likely N-dealkylation sites (tertiary alicyclic amines) is 1. The quantitative estimate of drug-likeness (QED) is 0.557. The predicted octanol–water partition coefficient (Wildman–Crippen LogP) is 4.12. The highest BCUT2D eigenvalue weighted by atomic mass is 16.2.